The van der Waals surface area contributed by atoms with E-state index >= 15 is 0 Å². The van der Waals surface area contributed by atoms with E-state index in [-0.39, 0.29) is 5.56 Å². The van der Waals surface area contributed by atoms with Crippen LogP contribution in [0.4, 0.5) is 4.39 Å². The van der Waals surface area contributed by atoms with E-state index in [0.29, 0.717) is 18.0 Å². The molecule has 0 heterocycles. The molecule has 0 bridgehead atoms. The summed E-state index contributed by atoms with van der Waals surface area (Å²) in [4.78, 5) is 0. The lowest BCUT2D eigenvalue weighted by atomic mass is 9.78. The summed E-state index contributed by atoms with van der Waals surface area (Å²) in [6.07, 6.45) is -0.244. The predicted molar refractivity (Wildman–Crippen MR) is 63.8 cm³/mol. The highest BCUT2D eigenvalue weighted by atomic mass is 35.5. The van der Waals surface area contributed by atoms with Crippen LogP contribution < -0.4 is 5.73 Å². The second kappa shape index (κ2) is 5.13. The fraction of sp³-hybridized carbons (Fsp3) is 0.500. The molecule has 1 aromatic rings. The van der Waals surface area contributed by atoms with Gasteiger partial charge in [-0.3, -0.25) is 0 Å². The predicted octanol–water partition coefficient (Wildman–Crippen LogP) is 2.89. The standard InChI is InChI=1S/C12H17ClFNO/c1-3-12(2,7-15)11(16)9-5-4-8(13)6-10(9)14/h4-6,11,16H,3,7,15H2,1-2H3. The van der Waals surface area contributed by atoms with Crippen molar-refractivity contribution in [1.29, 1.82) is 0 Å². The van der Waals surface area contributed by atoms with Crippen LogP contribution in [-0.2, 0) is 0 Å². The number of benzene rings is 1. The van der Waals surface area contributed by atoms with Crippen LogP contribution in [0, 0.1) is 11.2 Å². The third-order valence-electron chi connectivity index (χ3n) is 3.19. The van der Waals surface area contributed by atoms with Gasteiger partial charge in [-0.15, -0.1) is 0 Å². The molecule has 0 spiro atoms. The van der Waals surface area contributed by atoms with E-state index in [0.717, 1.165) is 0 Å². The van der Waals surface area contributed by atoms with Gasteiger partial charge < -0.3 is 10.8 Å². The number of hydrogen-bond donors (Lipinski definition) is 2. The summed E-state index contributed by atoms with van der Waals surface area (Å²) < 4.78 is 13.6. The first-order valence-electron chi connectivity index (χ1n) is 5.27. The van der Waals surface area contributed by atoms with Gasteiger partial charge in [-0.25, -0.2) is 4.39 Å². The lowest BCUT2D eigenvalue weighted by Crippen LogP contribution is -2.33. The number of aliphatic hydroxyl groups excluding tert-OH is 1. The second-order valence-electron chi connectivity index (χ2n) is 4.28. The molecule has 0 radical (unpaired) electrons. The van der Waals surface area contributed by atoms with E-state index in [9.17, 15) is 9.50 Å². The van der Waals surface area contributed by atoms with Crippen molar-refractivity contribution in [2.24, 2.45) is 11.1 Å². The Morgan fingerprint density at radius 1 is 1.56 bits per heavy atom. The number of hydrogen-bond acceptors (Lipinski definition) is 2. The maximum absolute atomic E-state index is 13.6. The molecule has 0 saturated carbocycles. The molecular weight excluding hydrogens is 229 g/mol. The molecule has 0 aliphatic carbocycles. The van der Waals surface area contributed by atoms with Crippen LogP contribution in [0.2, 0.25) is 5.02 Å². The van der Waals surface area contributed by atoms with Gasteiger partial charge in [0.25, 0.3) is 0 Å². The summed E-state index contributed by atoms with van der Waals surface area (Å²) in [6, 6.07) is 4.27. The molecule has 4 heteroatoms. The van der Waals surface area contributed by atoms with Gasteiger partial charge in [0.15, 0.2) is 0 Å². The summed E-state index contributed by atoms with van der Waals surface area (Å²) in [5.74, 6) is -0.492. The number of aliphatic hydroxyl groups is 1. The van der Waals surface area contributed by atoms with Crippen molar-refractivity contribution >= 4 is 11.6 Å². The molecule has 1 rings (SSSR count). The van der Waals surface area contributed by atoms with Gasteiger partial charge in [0.2, 0.25) is 0 Å². The summed E-state index contributed by atoms with van der Waals surface area (Å²) in [5.41, 5.74) is 5.36. The zero-order chi connectivity index (χ0) is 12.3. The first-order valence-corrected chi connectivity index (χ1v) is 5.65. The van der Waals surface area contributed by atoms with Crippen molar-refractivity contribution in [3.8, 4) is 0 Å². The Hall–Kier alpha value is -0.640. The average Bonchev–Trinajstić information content (AvgIpc) is 2.27. The third kappa shape index (κ3) is 2.54. The van der Waals surface area contributed by atoms with E-state index in [4.69, 9.17) is 17.3 Å². The zero-order valence-electron chi connectivity index (χ0n) is 9.50. The fourth-order valence-corrected chi connectivity index (χ4v) is 1.71. The van der Waals surface area contributed by atoms with Gasteiger partial charge >= 0.3 is 0 Å². The molecule has 0 aliphatic rings. The molecule has 2 nitrogen and oxygen atoms in total. The van der Waals surface area contributed by atoms with Crippen molar-refractivity contribution in [3.05, 3.63) is 34.6 Å². The molecule has 0 amide bonds. The first-order chi connectivity index (χ1) is 7.44. The molecule has 2 atom stereocenters. The molecule has 16 heavy (non-hydrogen) atoms. The molecular formula is C12H17ClFNO. The number of halogens is 2. The first kappa shape index (κ1) is 13.4. The van der Waals surface area contributed by atoms with Crippen LogP contribution in [0.15, 0.2) is 18.2 Å². The molecule has 3 N–H and O–H groups in total. The Morgan fingerprint density at radius 2 is 2.19 bits per heavy atom. The van der Waals surface area contributed by atoms with Crippen LogP contribution in [-0.4, -0.2) is 11.7 Å². The third-order valence-corrected chi connectivity index (χ3v) is 3.43. The highest BCUT2D eigenvalue weighted by molar-refractivity contribution is 6.30. The summed E-state index contributed by atoms with van der Waals surface area (Å²) in [5, 5.41) is 10.5. The van der Waals surface area contributed by atoms with Crippen molar-refractivity contribution in [1.82, 2.24) is 0 Å². The summed E-state index contributed by atoms with van der Waals surface area (Å²) in [6.45, 7) is 4.06. The minimum absolute atomic E-state index is 0.249. The lowest BCUT2D eigenvalue weighted by Gasteiger charge is -2.32. The van der Waals surface area contributed by atoms with Gasteiger partial charge in [-0.05, 0) is 18.6 Å². The second-order valence-corrected chi connectivity index (χ2v) is 4.72. The molecule has 0 saturated heterocycles. The Morgan fingerprint density at radius 3 is 2.62 bits per heavy atom. The quantitative estimate of drug-likeness (QED) is 0.857. The van der Waals surface area contributed by atoms with E-state index in [2.05, 4.69) is 0 Å². The Bertz CT molecular complexity index is 366. The van der Waals surface area contributed by atoms with Gasteiger partial charge in [-0.1, -0.05) is 31.5 Å². The van der Waals surface area contributed by atoms with Crippen molar-refractivity contribution in [3.63, 3.8) is 0 Å². The van der Waals surface area contributed by atoms with Crippen molar-refractivity contribution in [2.75, 3.05) is 6.54 Å². The largest absolute Gasteiger partial charge is 0.388 e. The number of nitrogens with two attached hydrogens (primary N) is 1. The molecule has 0 aliphatic heterocycles. The van der Waals surface area contributed by atoms with E-state index in [1.165, 1.54) is 12.1 Å². The lowest BCUT2D eigenvalue weighted by molar-refractivity contribution is 0.0363. The van der Waals surface area contributed by atoms with Crippen LogP contribution in [0.3, 0.4) is 0 Å². The van der Waals surface area contributed by atoms with Crippen LogP contribution in [0.1, 0.15) is 31.9 Å². The van der Waals surface area contributed by atoms with Gasteiger partial charge in [0, 0.05) is 22.5 Å². The average molecular weight is 246 g/mol. The smallest absolute Gasteiger partial charge is 0.130 e. The normalized spacial score (nSPS) is 16.9. The van der Waals surface area contributed by atoms with Crippen molar-refractivity contribution in [2.45, 2.75) is 26.4 Å². The zero-order valence-corrected chi connectivity index (χ0v) is 10.3. The Labute approximate surface area is 100 Å². The monoisotopic (exact) mass is 245 g/mol. The maximum atomic E-state index is 13.6. The number of rotatable bonds is 4. The topological polar surface area (TPSA) is 46.2 Å². The Kier molecular flexibility index (Phi) is 4.30. The summed E-state index contributed by atoms with van der Waals surface area (Å²) >= 11 is 5.66. The molecule has 0 fully saturated rings. The van der Waals surface area contributed by atoms with Gasteiger partial charge in [0.1, 0.15) is 5.82 Å². The Balaban J connectivity index is 3.08. The fourth-order valence-electron chi connectivity index (χ4n) is 1.55. The maximum Gasteiger partial charge on any atom is 0.130 e. The van der Waals surface area contributed by atoms with E-state index in [1.807, 2.05) is 13.8 Å². The molecule has 0 aromatic heterocycles. The highest BCUT2D eigenvalue weighted by Crippen LogP contribution is 2.37. The minimum atomic E-state index is -0.917. The van der Waals surface area contributed by atoms with E-state index in [1.54, 1.807) is 6.07 Å². The molecule has 2 unspecified atom stereocenters. The van der Waals surface area contributed by atoms with Gasteiger partial charge in [0.05, 0.1) is 6.10 Å². The minimum Gasteiger partial charge on any atom is -0.388 e. The van der Waals surface area contributed by atoms with Gasteiger partial charge in [-0.2, -0.15) is 0 Å². The molecule has 1 aromatic carbocycles. The van der Waals surface area contributed by atoms with Crippen molar-refractivity contribution < 1.29 is 9.50 Å². The van der Waals surface area contributed by atoms with Crippen LogP contribution in [0.25, 0.3) is 0 Å². The summed E-state index contributed by atoms with van der Waals surface area (Å²) in [7, 11) is 0. The SMILES string of the molecule is CCC(C)(CN)C(O)c1ccc(Cl)cc1F. The van der Waals surface area contributed by atoms with Crippen LogP contribution in [0.5, 0.6) is 0 Å². The van der Waals surface area contributed by atoms with E-state index < -0.39 is 17.3 Å². The molecule has 90 valence electrons. The van der Waals surface area contributed by atoms with Crippen LogP contribution >= 0.6 is 11.6 Å². The highest BCUT2D eigenvalue weighted by Gasteiger charge is 2.32.